The third-order valence-corrected chi connectivity index (χ3v) is 4.39. The Labute approximate surface area is 159 Å². The Kier molecular flexibility index (Phi) is 5.41. The number of rotatable bonds is 5. The summed E-state index contributed by atoms with van der Waals surface area (Å²) in [5.74, 6) is -0.695. The van der Waals surface area contributed by atoms with E-state index in [0.717, 1.165) is 5.56 Å². The second-order valence-corrected chi connectivity index (χ2v) is 6.45. The van der Waals surface area contributed by atoms with Crippen molar-refractivity contribution in [3.63, 3.8) is 0 Å². The van der Waals surface area contributed by atoms with Crippen molar-refractivity contribution in [1.29, 1.82) is 0 Å². The first-order valence-electron chi connectivity index (χ1n) is 8.37. The summed E-state index contributed by atoms with van der Waals surface area (Å²) in [6.07, 6.45) is 0.706. The number of nitrogens with zero attached hydrogens (tertiary/aromatic N) is 2. The van der Waals surface area contributed by atoms with Crippen LogP contribution in [0.5, 0.6) is 0 Å². The molecule has 0 radical (unpaired) electrons. The molecule has 8 heteroatoms. The highest BCUT2D eigenvalue weighted by Gasteiger charge is 2.14. The smallest absolute Gasteiger partial charge is 0.359 e. The van der Waals surface area contributed by atoms with Crippen LogP contribution in [0.3, 0.4) is 0 Å². The summed E-state index contributed by atoms with van der Waals surface area (Å²) in [6.45, 7) is 3.94. The van der Waals surface area contributed by atoms with Crippen LogP contribution in [0, 0.1) is 6.92 Å². The van der Waals surface area contributed by atoms with Gasteiger partial charge in [0.15, 0.2) is 5.69 Å². The molecule has 0 N–H and O–H groups in total. The minimum Gasteiger partial charge on any atom is -0.456 e. The van der Waals surface area contributed by atoms with Crippen LogP contribution >= 0.6 is 11.6 Å². The van der Waals surface area contributed by atoms with Crippen molar-refractivity contribution in [1.82, 2.24) is 9.78 Å². The second-order valence-electron chi connectivity index (χ2n) is 6.04. The number of hydrogen-bond donors (Lipinski definition) is 0. The number of carbonyl (C=O) groups excluding carboxylic acids is 1. The van der Waals surface area contributed by atoms with Crippen LogP contribution in [0.2, 0.25) is 5.02 Å². The van der Waals surface area contributed by atoms with Gasteiger partial charge in [-0.15, -0.1) is 0 Å². The van der Waals surface area contributed by atoms with Crippen LogP contribution in [0.25, 0.3) is 11.0 Å². The predicted molar refractivity (Wildman–Crippen MR) is 100 cm³/mol. The molecule has 0 atom stereocenters. The van der Waals surface area contributed by atoms with Crippen molar-refractivity contribution in [2.24, 2.45) is 0 Å². The van der Waals surface area contributed by atoms with Gasteiger partial charge in [0.1, 0.15) is 12.2 Å². The average Bonchev–Trinajstić information content (AvgIpc) is 2.63. The molecule has 0 bridgehead atoms. The van der Waals surface area contributed by atoms with Gasteiger partial charge in [0.05, 0.1) is 0 Å². The van der Waals surface area contributed by atoms with Gasteiger partial charge in [0.2, 0.25) is 0 Å². The Morgan fingerprint density at radius 1 is 1.26 bits per heavy atom. The van der Waals surface area contributed by atoms with Crippen LogP contribution in [-0.2, 0) is 17.9 Å². The molecule has 0 spiro atoms. The molecule has 2 heterocycles. The van der Waals surface area contributed by atoms with Gasteiger partial charge in [0.25, 0.3) is 5.56 Å². The maximum atomic E-state index is 12.3. The number of esters is 1. The lowest BCUT2D eigenvalue weighted by atomic mass is 10.1. The van der Waals surface area contributed by atoms with E-state index >= 15 is 0 Å². The molecule has 3 aromatic rings. The van der Waals surface area contributed by atoms with Crippen molar-refractivity contribution in [2.75, 3.05) is 0 Å². The average molecular weight is 389 g/mol. The normalized spacial score (nSPS) is 10.9. The Morgan fingerprint density at radius 2 is 2.04 bits per heavy atom. The lowest BCUT2D eigenvalue weighted by Crippen LogP contribution is -2.24. The number of hydrogen-bond acceptors (Lipinski definition) is 6. The number of ether oxygens (including phenoxy) is 1. The SMILES string of the molecule is CCCn1nc(C(=O)OCc2cc(=O)oc3cc(C)c(Cl)cc23)ccc1=O. The molecular formula is C19H17ClN2O5. The quantitative estimate of drug-likeness (QED) is 0.492. The van der Waals surface area contributed by atoms with Gasteiger partial charge in [-0.1, -0.05) is 18.5 Å². The molecule has 140 valence electrons. The zero-order valence-electron chi connectivity index (χ0n) is 14.8. The standard InChI is InChI=1S/C19H17ClN2O5/c1-3-6-22-17(23)5-4-15(21-22)19(25)26-10-12-8-18(24)27-16-7-11(2)14(20)9-13(12)16/h4-5,7-9H,3,6,10H2,1-2H3. The zero-order chi connectivity index (χ0) is 19.6. The maximum absolute atomic E-state index is 12.3. The highest BCUT2D eigenvalue weighted by molar-refractivity contribution is 6.32. The van der Waals surface area contributed by atoms with E-state index in [1.807, 2.05) is 6.92 Å². The molecular weight excluding hydrogens is 372 g/mol. The van der Waals surface area contributed by atoms with Crippen LogP contribution in [0.4, 0.5) is 0 Å². The first kappa shape index (κ1) is 18.8. The molecule has 27 heavy (non-hydrogen) atoms. The molecule has 7 nitrogen and oxygen atoms in total. The van der Waals surface area contributed by atoms with Crippen molar-refractivity contribution >= 4 is 28.5 Å². The topological polar surface area (TPSA) is 91.4 Å². The second kappa shape index (κ2) is 7.75. The summed E-state index contributed by atoms with van der Waals surface area (Å²) < 4.78 is 11.7. The molecule has 0 saturated carbocycles. The molecule has 0 saturated heterocycles. The summed E-state index contributed by atoms with van der Waals surface area (Å²) in [7, 11) is 0. The largest absolute Gasteiger partial charge is 0.456 e. The molecule has 0 fully saturated rings. The molecule has 0 aliphatic carbocycles. The molecule has 1 aromatic carbocycles. The van der Waals surface area contributed by atoms with Gasteiger partial charge in [-0.25, -0.2) is 14.3 Å². The third-order valence-electron chi connectivity index (χ3n) is 3.98. The zero-order valence-corrected chi connectivity index (χ0v) is 15.6. The lowest BCUT2D eigenvalue weighted by molar-refractivity contribution is 0.0463. The van der Waals surface area contributed by atoms with E-state index in [-0.39, 0.29) is 17.9 Å². The van der Waals surface area contributed by atoms with E-state index in [4.69, 9.17) is 20.8 Å². The van der Waals surface area contributed by atoms with Gasteiger partial charge >= 0.3 is 11.6 Å². The predicted octanol–water partition coefficient (Wildman–Crippen LogP) is 3.08. The molecule has 0 aliphatic heterocycles. The monoisotopic (exact) mass is 388 g/mol. The highest BCUT2D eigenvalue weighted by Crippen LogP contribution is 2.25. The number of aryl methyl sites for hydroxylation is 2. The van der Waals surface area contributed by atoms with E-state index in [0.29, 0.717) is 34.5 Å². The first-order valence-corrected chi connectivity index (χ1v) is 8.75. The van der Waals surface area contributed by atoms with Gasteiger partial charge in [0, 0.05) is 34.6 Å². The molecule has 0 unspecified atom stereocenters. The number of fused-ring (bicyclic) bond motifs is 1. The molecule has 0 amide bonds. The number of aromatic nitrogens is 2. The highest BCUT2D eigenvalue weighted by atomic mass is 35.5. The molecule has 0 aliphatic rings. The number of benzene rings is 1. The van der Waals surface area contributed by atoms with Gasteiger partial charge < -0.3 is 9.15 Å². The summed E-state index contributed by atoms with van der Waals surface area (Å²) in [6, 6.07) is 7.17. The summed E-state index contributed by atoms with van der Waals surface area (Å²) in [5, 5.41) is 5.10. The number of halogens is 1. The van der Waals surface area contributed by atoms with E-state index in [2.05, 4.69) is 5.10 Å². The fourth-order valence-corrected chi connectivity index (χ4v) is 2.78. The van der Waals surface area contributed by atoms with Gasteiger partial charge in [-0.2, -0.15) is 5.10 Å². The van der Waals surface area contributed by atoms with Crippen molar-refractivity contribution in [3.8, 4) is 0 Å². The molecule has 3 rings (SSSR count). The van der Waals surface area contributed by atoms with E-state index in [1.165, 1.54) is 22.9 Å². The summed E-state index contributed by atoms with van der Waals surface area (Å²) in [5.41, 5.74) is 0.784. The fourth-order valence-electron chi connectivity index (χ4n) is 2.61. The van der Waals surface area contributed by atoms with Crippen molar-refractivity contribution in [3.05, 3.63) is 72.9 Å². The number of carbonyl (C=O) groups is 1. The Bertz CT molecular complexity index is 1130. The van der Waals surface area contributed by atoms with Gasteiger partial charge in [-0.05, 0) is 37.1 Å². The first-order chi connectivity index (χ1) is 12.9. The van der Waals surface area contributed by atoms with Crippen LogP contribution in [-0.4, -0.2) is 15.7 Å². The van der Waals surface area contributed by atoms with E-state index < -0.39 is 11.6 Å². The third kappa shape index (κ3) is 4.09. The lowest BCUT2D eigenvalue weighted by Gasteiger charge is -2.09. The summed E-state index contributed by atoms with van der Waals surface area (Å²) >= 11 is 6.15. The fraction of sp³-hybridized carbons (Fsp3) is 0.263. The van der Waals surface area contributed by atoms with Crippen LogP contribution < -0.4 is 11.2 Å². The van der Waals surface area contributed by atoms with Crippen LogP contribution in [0.1, 0.15) is 35.0 Å². The maximum Gasteiger partial charge on any atom is 0.359 e. The van der Waals surface area contributed by atoms with Crippen LogP contribution in [0.15, 0.2) is 44.3 Å². The van der Waals surface area contributed by atoms with Crippen molar-refractivity contribution in [2.45, 2.75) is 33.4 Å². The van der Waals surface area contributed by atoms with E-state index in [1.54, 1.807) is 19.1 Å². The van der Waals surface area contributed by atoms with E-state index in [9.17, 15) is 14.4 Å². The Hall–Kier alpha value is -2.93. The van der Waals surface area contributed by atoms with Crippen molar-refractivity contribution < 1.29 is 13.9 Å². The minimum absolute atomic E-state index is 0.0178. The molecule has 2 aromatic heterocycles. The Balaban J connectivity index is 1.87. The Morgan fingerprint density at radius 3 is 2.78 bits per heavy atom. The summed E-state index contributed by atoms with van der Waals surface area (Å²) in [4.78, 5) is 35.8. The minimum atomic E-state index is -0.695. The van der Waals surface area contributed by atoms with Gasteiger partial charge in [-0.3, -0.25) is 4.79 Å².